The largest absolute Gasteiger partial charge is 0.493 e. The molecule has 5 nitrogen and oxygen atoms in total. The van der Waals surface area contributed by atoms with E-state index >= 15 is 0 Å². The van der Waals surface area contributed by atoms with E-state index in [9.17, 15) is 9.59 Å². The van der Waals surface area contributed by atoms with Crippen LogP contribution in [0.5, 0.6) is 11.5 Å². The Kier molecular flexibility index (Phi) is 4.81. The second-order valence-corrected chi connectivity index (χ2v) is 6.46. The summed E-state index contributed by atoms with van der Waals surface area (Å²) in [4.78, 5) is 26.5. The molecule has 0 bridgehead atoms. The molecule has 0 radical (unpaired) electrons. The van der Waals surface area contributed by atoms with E-state index in [4.69, 9.17) is 9.47 Å². The second kappa shape index (κ2) is 7.03. The number of hydrogen-bond donors (Lipinski definition) is 0. The van der Waals surface area contributed by atoms with Crippen LogP contribution in [-0.4, -0.2) is 25.4 Å². The van der Waals surface area contributed by atoms with Gasteiger partial charge in [-0.1, -0.05) is 23.8 Å². The molecular formula is C19H17NO4S. The van der Waals surface area contributed by atoms with Gasteiger partial charge in [-0.25, -0.2) is 4.90 Å². The summed E-state index contributed by atoms with van der Waals surface area (Å²) >= 11 is 0.926. The van der Waals surface area contributed by atoms with Gasteiger partial charge in [0.1, 0.15) is 0 Å². The minimum Gasteiger partial charge on any atom is -0.493 e. The Hall–Kier alpha value is -2.73. The fraction of sp³-hybridized carbons (Fsp3) is 0.158. The number of anilines is 1. The SMILES string of the molecule is COc1ccc(/C=C2\SC(=O)N(c3ccc(C)cc3)C2=O)cc1OC. The first-order valence-corrected chi connectivity index (χ1v) is 8.42. The van der Waals surface area contributed by atoms with Gasteiger partial charge in [-0.15, -0.1) is 0 Å². The molecule has 0 N–H and O–H groups in total. The minimum atomic E-state index is -0.325. The lowest BCUT2D eigenvalue weighted by atomic mass is 10.1. The van der Waals surface area contributed by atoms with E-state index in [0.29, 0.717) is 22.1 Å². The Morgan fingerprint density at radius 1 is 0.960 bits per heavy atom. The number of benzene rings is 2. The summed E-state index contributed by atoms with van der Waals surface area (Å²) in [6.07, 6.45) is 1.68. The van der Waals surface area contributed by atoms with Crippen LogP contribution in [0.3, 0.4) is 0 Å². The summed E-state index contributed by atoms with van der Waals surface area (Å²) in [6.45, 7) is 1.95. The number of ether oxygens (including phenoxy) is 2. The van der Waals surface area contributed by atoms with Gasteiger partial charge >= 0.3 is 0 Å². The number of carbonyl (C=O) groups is 2. The lowest BCUT2D eigenvalue weighted by Crippen LogP contribution is -2.27. The van der Waals surface area contributed by atoms with Crippen LogP contribution < -0.4 is 14.4 Å². The van der Waals surface area contributed by atoms with Crippen molar-refractivity contribution < 1.29 is 19.1 Å². The standard InChI is InChI=1S/C19H17NO4S/c1-12-4-7-14(8-5-12)20-18(21)17(25-19(20)22)11-13-6-9-15(23-2)16(10-13)24-3/h4-11H,1-3H3/b17-11-. The highest BCUT2D eigenvalue weighted by Crippen LogP contribution is 2.36. The van der Waals surface area contributed by atoms with Crippen molar-refractivity contribution in [1.29, 1.82) is 0 Å². The van der Waals surface area contributed by atoms with Crippen molar-refractivity contribution in [3.05, 3.63) is 58.5 Å². The molecular weight excluding hydrogens is 338 g/mol. The minimum absolute atomic E-state index is 0.305. The monoisotopic (exact) mass is 355 g/mol. The van der Waals surface area contributed by atoms with E-state index in [1.54, 1.807) is 50.6 Å². The fourth-order valence-electron chi connectivity index (χ4n) is 2.48. The molecule has 0 spiro atoms. The van der Waals surface area contributed by atoms with Gasteiger partial charge in [0, 0.05) is 0 Å². The Morgan fingerprint density at radius 3 is 2.28 bits per heavy atom. The smallest absolute Gasteiger partial charge is 0.298 e. The van der Waals surface area contributed by atoms with E-state index in [0.717, 1.165) is 22.9 Å². The van der Waals surface area contributed by atoms with Crippen LogP contribution in [0, 0.1) is 6.92 Å². The van der Waals surface area contributed by atoms with E-state index in [-0.39, 0.29) is 11.1 Å². The number of thioether (sulfide) groups is 1. The zero-order valence-electron chi connectivity index (χ0n) is 14.1. The lowest BCUT2D eigenvalue weighted by molar-refractivity contribution is -0.113. The maximum absolute atomic E-state index is 12.6. The van der Waals surface area contributed by atoms with Gasteiger partial charge in [-0.2, -0.15) is 0 Å². The average molecular weight is 355 g/mol. The molecule has 1 heterocycles. The van der Waals surface area contributed by atoms with Crippen LogP contribution in [0.1, 0.15) is 11.1 Å². The number of carbonyl (C=O) groups excluding carboxylic acids is 2. The average Bonchev–Trinajstić information content (AvgIpc) is 2.89. The maximum atomic E-state index is 12.6. The predicted octanol–water partition coefficient (Wildman–Crippen LogP) is 4.25. The molecule has 2 aromatic carbocycles. The number of amides is 2. The Bertz CT molecular complexity index is 858. The lowest BCUT2D eigenvalue weighted by Gasteiger charge is -2.12. The van der Waals surface area contributed by atoms with Crippen LogP contribution in [0.4, 0.5) is 10.5 Å². The summed E-state index contributed by atoms with van der Waals surface area (Å²) < 4.78 is 10.5. The molecule has 0 unspecified atom stereocenters. The first-order valence-electron chi connectivity index (χ1n) is 7.60. The third kappa shape index (κ3) is 3.39. The molecule has 128 valence electrons. The number of methoxy groups -OCH3 is 2. The van der Waals surface area contributed by atoms with E-state index in [2.05, 4.69) is 0 Å². The van der Waals surface area contributed by atoms with Gasteiger partial charge in [-0.3, -0.25) is 9.59 Å². The molecule has 1 aliphatic heterocycles. The van der Waals surface area contributed by atoms with Crippen molar-refractivity contribution >= 4 is 34.7 Å². The Balaban J connectivity index is 1.91. The number of rotatable bonds is 4. The molecule has 2 amide bonds. The first-order chi connectivity index (χ1) is 12.0. The van der Waals surface area contributed by atoms with Gasteiger partial charge in [0.05, 0.1) is 24.8 Å². The summed E-state index contributed by atoms with van der Waals surface area (Å²) in [5, 5.41) is -0.305. The molecule has 1 aliphatic rings. The molecule has 0 atom stereocenters. The Morgan fingerprint density at radius 2 is 1.64 bits per heavy atom. The van der Waals surface area contributed by atoms with E-state index < -0.39 is 0 Å². The first kappa shape index (κ1) is 17.1. The third-order valence-electron chi connectivity index (χ3n) is 3.79. The fourth-order valence-corrected chi connectivity index (χ4v) is 3.32. The molecule has 1 fully saturated rings. The zero-order valence-corrected chi connectivity index (χ0v) is 14.9. The predicted molar refractivity (Wildman–Crippen MR) is 99.2 cm³/mol. The molecule has 25 heavy (non-hydrogen) atoms. The topological polar surface area (TPSA) is 55.8 Å². The normalized spacial score (nSPS) is 15.8. The summed E-state index contributed by atoms with van der Waals surface area (Å²) in [5.74, 6) is 0.843. The third-order valence-corrected chi connectivity index (χ3v) is 4.66. The van der Waals surface area contributed by atoms with Gasteiger partial charge in [0.2, 0.25) is 0 Å². The highest BCUT2D eigenvalue weighted by atomic mass is 32.2. The van der Waals surface area contributed by atoms with Gasteiger partial charge < -0.3 is 9.47 Å². The van der Waals surface area contributed by atoms with E-state index in [1.807, 2.05) is 19.1 Å². The van der Waals surface area contributed by atoms with Crippen LogP contribution in [0.25, 0.3) is 6.08 Å². The summed E-state index contributed by atoms with van der Waals surface area (Å²) in [5.41, 5.74) is 2.40. The van der Waals surface area contributed by atoms with Crippen LogP contribution in [0.15, 0.2) is 47.4 Å². The molecule has 2 aromatic rings. The van der Waals surface area contributed by atoms with E-state index in [1.165, 1.54) is 4.90 Å². The molecule has 0 aliphatic carbocycles. The molecule has 6 heteroatoms. The van der Waals surface area contributed by atoms with Gasteiger partial charge in [0.25, 0.3) is 11.1 Å². The summed E-state index contributed by atoms with van der Waals surface area (Å²) in [7, 11) is 3.11. The molecule has 3 rings (SSSR count). The molecule has 0 saturated carbocycles. The number of aryl methyl sites for hydroxylation is 1. The highest BCUT2D eigenvalue weighted by Gasteiger charge is 2.36. The van der Waals surface area contributed by atoms with Crippen molar-refractivity contribution in [2.45, 2.75) is 6.92 Å². The van der Waals surface area contributed by atoms with Gasteiger partial charge in [0.15, 0.2) is 11.5 Å². The highest BCUT2D eigenvalue weighted by molar-refractivity contribution is 8.19. The summed E-state index contributed by atoms with van der Waals surface area (Å²) in [6, 6.07) is 12.6. The zero-order chi connectivity index (χ0) is 18.0. The van der Waals surface area contributed by atoms with Gasteiger partial charge in [-0.05, 0) is 54.6 Å². The second-order valence-electron chi connectivity index (χ2n) is 5.47. The van der Waals surface area contributed by atoms with Crippen molar-refractivity contribution in [2.24, 2.45) is 0 Å². The van der Waals surface area contributed by atoms with Crippen molar-refractivity contribution in [3.63, 3.8) is 0 Å². The van der Waals surface area contributed by atoms with Crippen LogP contribution in [0.2, 0.25) is 0 Å². The maximum Gasteiger partial charge on any atom is 0.298 e. The van der Waals surface area contributed by atoms with Crippen molar-refractivity contribution in [1.82, 2.24) is 0 Å². The number of hydrogen-bond acceptors (Lipinski definition) is 5. The Labute approximate surface area is 150 Å². The van der Waals surface area contributed by atoms with Crippen LogP contribution in [-0.2, 0) is 4.79 Å². The van der Waals surface area contributed by atoms with Crippen LogP contribution >= 0.6 is 11.8 Å². The quantitative estimate of drug-likeness (QED) is 0.767. The van der Waals surface area contributed by atoms with Crippen molar-refractivity contribution in [2.75, 3.05) is 19.1 Å². The number of nitrogens with zero attached hydrogens (tertiary/aromatic N) is 1. The van der Waals surface area contributed by atoms with Crippen molar-refractivity contribution in [3.8, 4) is 11.5 Å². The molecule has 1 saturated heterocycles. The number of imide groups is 1. The molecule has 0 aromatic heterocycles.